The number of H-pyrrole nitrogens is 1. The quantitative estimate of drug-likeness (QED) is 0.214. The number of likely N-dealkylation sites (tertiary alicyclic amines) is 1. The van der Waals surface area contributed by atoms with E-state index in [9.17, 15) is 14.4 Å². The number of carbonyl (C=O) groups excluding carboxylic acids is 2. The molecule has 3 unspecified atom stereocenters. The number of para-hydroxylation sites is 2. The number of aromatic amines is 1. The molecule has 0 bridgehead atoms. The van der Waals surface area contributed by atoms with E-state index in [0.717, 1.165) is 46.4 Å². The second-order valence-corrected chi connectivity index (χ2v) is 12.8. The van der Waals surface area contributed by atoms with Crippen LogP contribution in [-0.2, 0) is 16.0 Å². The van der Waals surface area contributed by atoms with Crippen LogP contribution in [0.4, 0.5) is 5.69 Å². The average Bonchev–Trinajstić information content (AvgIpc) is 3.67. The molecule has 11 nitrogen and oxygen atoms in total. The zero-order valence-corrected chi connectivity index (χ0v) is 28.3. The van der Waals surface area contributed by atoms with E-state index in [1.54, 1.807) is 33.5 Å². The van der Waals surface area contributed by atoms with E-state index in [4.69, 9.17) is 19.2 Å². The van der Waals surface area contributed by atoms with Crippen LogP contribution in [0.1, 0.15) is 69.1 Å². The molecule has 3 N–H and O–H groups in total. The first kappa shape index (κ1) is 32.9. The Bertz CT molecular complexity index is 1890. The Morgan fingerprint density at radius 1 is 1.00 bits per heavy atom. The van der Waals surface area contributed by atoms with Gasteiger partial charge in [-0.25, -0.2) is 4.98 Å². The molecule has 252 valence electrons. The Kier molecular flexibility index (Phi) is 9.30. The molecule has 1 fully saturated rings. The van der Waals surface area contributed by atoms with E-state index in [0.29, 0.717) is 42.2 Å². The van der Waals surface area contributed by atoms with Crippen molar-refractivity contribution in [2.45, 2.75) is 64.6 Å². The summed E-state index contributed by atoms with van der Waals surface area (Å²) in [7, 11) is 4.69. The number of fused-ring (bicyclic) bond motifs is 4. The number of carbonyl (C=O) groups is 2. The van der Waals surface area contributed by atoms with Crippen molar-refractivity contribution in [1.29, 1.82) is 0 Å². The molecule has 1 aromatic heterocycles. The van der Waals surface area contributed by atoms with Gasteiger partial charge in [0.25, 0.3) is 0 Å². The van der Waals surface area contributed by atoms with E-state index in [2.05, 4.69) is 15.6 Å². The number of amides is 2. The van der Waals surface area contributed by atoms with Crippen molar-refractivity contribution in [3.8, 4) is 28.4 Å². The lowest BCUT2D eigenvalue weighted by atomic mass is 9.95. The average molecular weight is 654 g/mol. The number of anilines is 1. The van der Waals surface area contributed by atoms with Crippen LogP contribution in [0.25, 0.3) is 22.2 Å². The van der Waals surface area contributed by atoms with Gasteiger partial charge in [-0.05, 0) is 78.6 Å². The number of methoxy groups -OCH3 is 3. The smallest absolute Gasteiger partial charge is 0.245 e. The van der Waals surface area contributed by atoms with Crippen LogP contribution in [-0.4, -0.2) is 60.6 Å². The number of nitrogens with one attached hydrogen (secondary N) is 3. The predicted molar refractivity (Wildman–Crippen MR) is 185 cm³/mol. The lowest BCUT2D eigenvalue weighted by Crippen LogP contribution is -2.46. The van der Waals surface area contributed by atoms with Gasteiger partial charge in [-0.15, -0.1) is 0 Å². The van der Waals surface area contributed by atoms with Crippen LogP contribution in [0, 0.1) is 5.92 Å². The standard InChI is InChI=1S/C37H43N5O6/c1-20(2)33(37(45)42-17-9-12-29(42)36-40-26-10-7-8-11-27(26)41-36)39-28-16-14-23-24(19-30(28)44)25(38-21(3)43)15-13-22-18-31(46-4)34(47-5)35(48-6)32(22)23/h7-8,10-11,14,16,18-20,25,29,33H,9,12-13,15,17H2,1-6H3,(H,38,43)(H,39,44)(H,40,41). The summed E-state index contributed by atoms with van der Waals surface area (Å²) >= 11 is 0. The maximum absolute atomic E-state index is 14.3. The predicted octanol–water partition coefficient (Wildman–Crippen LogP) is 5.54. The van der Waals surface area contributed by atoms with Gasteiger partial charge in [0.2, 0.25) is 23.0 Å². The lowest BCUT2D eigenvalue weighted by Gasteiger charge is -2.30. The molecule has 1 aliphatic heterocycles. The highest BCUT2D eigenvalue weighted by atomic mass is 16.5. The van der Waals surface area contributed by atoms with Gasteiger partial charge in [-0.3, -0.25) is 14.4 Å². The minimum atomic E-state index is -0.665. The van der Waals surface area contributed by atoms with Crippen LogP contribution >= 0.6 is 0 Å². The molecular formula is C37H43N5O6. The Morgan fingerprint density at radius 2 is 1.77 bits per heavy atom. The fraction of sp³-hybridized carbons (Fsp3) is 0.405. The fourth-order valence-corrected chi connectivity index (χ4v) is 7.13. The number of hydrogen-bond donors (Lipinski definition) is 3. The minimum absolute atomic E-state index is 0.0830. The topological polar surface area (TPSA) is 135 Å². The highest BCUT2D eigenvalue weighted by Crippen LogP contribution is 2.50. The van der Waals surface area contributed by atoms with Crippen molar-refractivity contribution in [1.82, 2.24) is 20.2 Å². The monoisotopic (exact) mass is 653 g/mol. The molecule has 0 spiro atoms. The molecule has 1 saturated heterocycles. The summed E-state index contributed by atoms with van der Waals surface area (Å²) in [4.78, 5) is 50.7. The Balaban J connectivity index is 1.41. The Labute approximate surface area is 280 Å². The summed E-state index contributed by atoms with van der Waals surface area (Å²) in [6.07, 6.45) is 2.81. The number of rotatable bonds is 9. The Hall–Kier alpha value is -5.06. The molecule has 0 radical (unpaired) electrons. The number of aromatic nitrogens is 2. The maximum Gasteiger partial charge on any atom is 0.245 e. The largest absolute Gasteiger partial charge is 0.493 e. The number of benzene rings is 2. The van der Waals surface area contributed by atoms with Crippen LogP contribution < -0.4 is 30.3 Å². The van der Waals surface area contributed by atoms with Gasteiger partial charge in [-0.2, -0.15) is 0 Å². The van der Waals surface area contributed by atoms with Crippen molar-refractivity contribution in [3.05, 3.63) is 75.7 Å². The van der Waals surface area contributed by atoms with E-state index in [-0.39, 0.29) is 34.9 Å². The van der Waals surface area contributed by atoms with E-state index in [1.807, 2.05) is 55.1 Å². The normalized spacial score (nSPS) is 17.7. The molecule has 1 aliphatic carbocycles. The molecule has 11 heteroatoms. The van der Waals surface area contributed by atoms with E-state index < -0.39 is 12.1 Å². The van der Waals surface area contributed by atoms with E-state index >= 15 is 0 Å². The molecule has 48 heavy (non-hydrogen) atoms. The maximum atomic E-state index is 14.3. The van der Waals surface area contributed by atoms with Crippen LogP contribution in [0.5, 0.6) is 17.2 Å². The van der Waals surface area contributed by atoms with Gasteiger partial charge in [0.1, 0.15) is 11.9 Å². The second kappa shape index (κ2) is 13.6. The van der Waals surface area contributed by atoms with Crippen molar-refractivity contribution in [2.75, 3.05) is 33.2 Å². The van der Waals surface area contributed by atoms with Crippen molar-refractivity contribution >= 4 is 28.5 Å². The third kappa shape index (κ3) is 6.05. The van der Waals surface area contributed by atoms with Crippen LogP contribution in [0.15, 0.2) is 53.3 Å². The highest BCUT2D eigenvalue weighted by Gasteiger charge is 2.37. The number of nitrogens with zero attached hydrogens (tertiary/aromatic N) is 2. The van der Waals surface area contributed by atoms with Crippen LogP contribution in [0.2, 0.25) is 0 Å². The molecule has 3 atom stereocenters. The molecule has 4 aromatic rings. The molecule has 2 heterocycles. The van der Waals surface area contributed by atoms with E-state index in [1.165, 1.54) is 6.92 Å². The van der Waals surface area contributed by atoms with Crippen molar-refractivity contribution in [3.63, 3.8) is 0 Å². The highest BCUT2D eigenvalue weighted by molar-refractivity contribution is 5.87. The van der Waals surface area contributed by atoms with Gasteiger partial charge in [0.15, 0.2) is 11.5 Å². The summed E-state index contributed by atoms with van der Waals surface area (Å²) in [5, 5.41) is 6.37. The SMILES string of the molecule is COc1cc2c(c(OC)c1OC)-c1ccc(NC(C(=O)N3CCCC3c3nc4ccccc4[nH]3)C(C)C)c(=O)cc1C(NC(C)=O)CC2. The summed E-state index contributed by atoms with van der Waals surface area (Å²) in [5.41, 5.74) is 4.88. The van der Waals surface area contributed by atoms with Crippen molar-refractivity contribution in [2.24, 2.45) is 5.92 Å². The fourth-order valence-electron chi connectivity index (χ4n) is 7.13. The van der Waals surface area contributed by atoms with Crippen LogP contribution in [0.3, 0.4) is 0 Å². The Morgan fingerprint density at radius 3 is 2.46 bits per heavy atom. The molecular weight excluding hydrogens is 610 g/mol. The third-order valence-electron chi connectivity index (χ3n) is 9.42. The third-order valence-corrected chi connectivity index (χ3v) is 9.42. The number of ether oxygens (including phenoxy) is 3. The first-order chi connectivity index (χ1) is 23.1. The first-order valence-corrected chi connectivity index (χ1v) is 16.4. The van der Waals surface area contributed by atoms with Gasteiger partial charge >= 0.3 is 0 Å². The molecule has 2 aliphatic rings. The summed E-state index contributed by atoms with van der Waals surface area (Å²) in [6.45, 7) is 6.01. The van der Waals surface area contributed by atoms with Crippen molar-refractivity contribution < 1.29 is 23.8 Å². The number of hydrogen-bond acceptors (Lipinski definition) is 8. The molecule has 2 amide bonds. The zero-order valence-electron chi connectivity index (χ0n) is 28.3. The zero-order chi connectivity index (χ0) is 34.1. The van der Waals surface area contributed by atoms with Gasteiger partial charge in [0.05, 0.1) is 50.1 Å². The minimum Gasteiger partial charge on any atom is -0.493 e. The van der Waals surface area contributed by atoms with Gasteiger partial charge < -0.3 is 34.7 Å². The number of imidazole rings is 1. The first-order valence-electron chi connectivity index (χ1n) is 16.4. The summed E-state index contributed by atoms with van der Waals surface area (Å²) in [5.74, 6) is 1.80. The lowest BCUT2D eigenvalue weighted by molar-refractivity contribution is -0.134. The second-order valence-electron chi connectivity index (χ2n) is 12.8. The number of aryl methyl sites for hydroxylation is 1. The summed E-state index contributed by atoms with van der Waals surface area (Å²) in [6, 6.07) is 13.6. The van der Waals surface area contributed by atoms with Gasteiger partial charge in [-0.1, -0.05) is 32.0 Å². The molecule has 6 rings (SSSR count). The summed E-state index contributed by atoms with van der Waals surface area (Å²) < 4.78 is 17.2. The van der Waals surface area contributed by atoms with Gasteiger partial charge in [0, 0.05) is 19.0 Å². The molecule has 3 aromatic carbocycles. The molecule has 0 saturated carbocycles.